The number of amides is 2. The molecule has 2 amide bonds. The van der Waals surface area contributed by atoms with Crippen LogP contribution in [0.5, 0.6) is 0 Å². The molecule has 0 fully saturated rings. The molecule has 1 atom stereocenters. The van der Waals surface area contributed by atoms with E-state index in [9.17, 15) is 17.6 Å². The highest BCUT2D eigenvalue weighted by molar-refractivity contribution is 7.91. The molecule has 0 saturated carbocycles. The number of hydrogen-bond acceptors (Lipinski definition) is 3. The number of urea groups is 1. The van der Waals surface area contributed by atoms with Gasteiger partial charge in [0.1, 0.15) is 16.5 Å². The van der Waals surface area contributed by atoms with Crippen LogP contribution in [0.3, 0.4) is 0 Å². The topological polar surface area (TPSA) is 89.3 Å². The lowest BCUT2D eigenvalue weighted by atomic mass is 9.82. The molecule has 0 spiro atoms. The summed E-state index contributed by atoms with van der Waals surface area (Å²) in [7, 11) is -4.17. The number of halogens is 2. The number of benzene rings is 2. The summed E-state index contributed by atoms with van der Waals surface area (Å²) in [4.78, 5) is 10.2. The zero-order valence-corrected chi connectivity index (χ0v) is 14.7. The van der Waals surface area contributed by atoms with Crippen molar-refractivity contribution in [3.8, 4) is 0 Å². The van der Waals surface area contributed by atoms with E-state index >= 15 is 4.39 Å². The number of fused-ring (bicyclic) bond motifs is 1. The first kappa shape index (κ1) is 18.3. The first-order valence-electron chi connectivity index (χ1n) is 8.16. The minimum Gasteiger partial charge on any atom is -0.352 e. The normalized spacial score (nSPS) is 16.8. The van der Waals surface area contributed by atoms with Crippen LogP contribution >= 0.6 is 0 Å². The Morgan fingerprint density at radius 2 is 2.00 bits per heavy atom. The average Bonchev–Trinajstić information content (AvgIpc) is 2.60. The number of nitrogens with two attached hydrogens (primary N) is 1. The average molecular weight is 380 g/mol. The highest BCUT2D eigenvalue weighted by Gasteiger charge is 2.29. The number of primary amides is 1. The number of rotatable bonds is 4. The zero-order chi connectivity index (χ0) is 18.9. The molecule has 0 heterocycles. The first-order valence-corrected chi connectivity index (χ1v) is 9.64. The fourth-order valence-electron chi connectivity index (χ4n) is 3.34. The molecule has 0 radical (unpaired) electrons. The number of sulfone groups is 1. The molecule has 0 saturated heterocycles. The van der Waals surface area contributed by atoms with Crippen molar-refractivity contribution < 1.29 is 22.0 Å². The quantitative estimate of drug-likeness (QED) is 0.855. The van der Waals surface area contributed by atoms with Gasteiger partial charge in [0.05, 0.1) is 4.90 Å². The van der Waals surface area contributed by atoms with Gasteiger partial charge in [0, 0.05) is 12.5 Å². The van der Waals surface area contributed by atoms with Crippen molar-refractivity contribution in [2.75, 3.05) is 6.54 Å². The van der Waals surface area contributed by atoms with E-state index in [0.717, 1.165) is 18.6 Å². The van der Waals surface area contributed by atoms with Gasteiger partial charge in [0.15, 0.2) is 0 Å². The first-order chi connectivity index (χ1) is 12.3. The third-order valence-electron chi connectivity index (χ3n) is 4.58. The molecule has 0 bridgehead atoms. The maximum atomic E-state index is 15.0. The van der Waals surface area contributed by atoms with Gasteiger partial charge < -0.3 is 11.1 Å². The van der Waals surface area contributed by atoms with Gasteiger partial charge in [-0.1, -0.05) is 12.1 Å². The van der Waals surface area contributed by atoms with E-state index in [4.69, 9.17) is 5.73 Å². The Balaban J connectivity index is 2.03. The molecule has 0 aromatic heterocycles. The summed E-state index contributed by atoms with van der Waals surface area (Å²) >= 11 is 0. The van der Waals surface area contributed by atoms with Crippen LogP contribution in [0.1, 0.15) is 29.9 Å². The van der Waals surface area contributed by atoms with Crippen molar-refractivity contribution in [2.24, 2.45) is 5.73 Å². The number of carbonyl (C=O) groups excluding carboxylic acids is 1. The Kier molecular flexibility index (Phi) is 4.95. The van der Waals surface area contributed by atoms with E-state index in [1.165, 1.54) is 18.2 Å². The van der Waals surface area contributed by atoms with E-state index in [1.54, 1.807) is 6.07 Å². The maximum Gasteiger partial charge on any atom is 0.312 e. The van der Waals surface area contributed by atoms with E-state index in [1.807, 2.05) is 0 Å². The van der Waals surface area contributed by atoms with Crippen molar-refractivity contribution in [2.45, 2.75) is 35.0 Å². The van der Waals surface area contributed by atoms with Gasteiger partial charge in [-0.05, 0) is 54.7 Å². The van der Waals surface area contributed by atoms with Crippen LogP contribution in [-0.4, -0.2) is 21.0 Å². The molecule has 3 N–H and O–H groups in total. The standard InChI is InChI=1S/C18H18F2N2O3S/c19-12-4-2-5-13(9-12)26(24,25)16-8-7-14-11(10-22-18(21)23)3-1-6-15(14)17(16)20/h2,4-5,7-9,11H,1,3,6,10H2,(H3,21,22,23). The third-order valence-corrected chi connectivity index (χ3v) is 6.35. The Morgan fingerprint density at radius 3 is 2.69 bits per heavy atom. The molecule has 138 valence electrons. The highest BCUT2D eigenvalue weighted by Crippen LogP contribution is 2.36. The monoisotopic (exact) mass is 380 g/mol. The van der Waals surface area contributed by atoms with Gasteiger partial charge in [0.25, 0.3) is 0 Å². The van der Waals surface area contributed by atoms with Gasteiger partial charge in [-0.25, -0.2) is 22.0 Å². The summed E-state index contributed by atoms with van der Waals surface area (Å²) in [6, 6.07) is 6.60. The maximum absolute atomic E-state index is 15.0. The molecule has 3 rings (SSSR count). The van der Waals surface area contributed by atoms with Gasteiger partial charge in [-0.3, -0.25) is 0 Å². The Labute approximate surface area is 150 Å². The second-order valence-electron chi connectivity index (χ2n) is 6.24. The molecule has 5 nitrogen and oxygen atoms in total. The van der Waals surface area contributed by atoms with E-state index in [2.05, 4.69) is 5.32 Å². The minimum atomic E-state index is -4.17. The van der Waals surface area contributed by atoms with Crippen molar-refractivity contribution >= 4 is 15.9 Å². The van der Waals surface area contributed by atoms with Crippen LogP contribution in [0.4, 0.5) is 13.6 Å². The fraction of sp³-hybridized carbons (Fsp3) is 0.278. The van der Waals surface area contributed by atoms with Crippen LogP contribution in [-0.2, 0) is 16.3 Å². The van der Waals surface area contributed by atoms with E-state index in [0.29, 0.717) is 24.0 Å². The second kappa shape index (κ2) is 7.03. The van der Waals surface area contributed by atoms with Gasteiger partial charge in [0.2, 0.25) is 9.84 Å². The van der Waals surface area contributed by atoms with Gasteiger partial charge >= 0.3 is 6.03 Å². The molecule has 1 aliphatic rings. The highest BCUT2D eigenvalue weighted by atomic mass is 32.2. The number of carbonyl (C=O) groups is 1. The van der Waals surface area contributed by atoms with Gasteiger partial charge in [-0.2, -0.15) is 0 Å². The van der Waals surface area contributed by atoms with Crippen LogP contribution < -0.4 is 11.1 Å². The number of hydrogen-bond donors (Lipinski definition) is 2. The van der Waals surface area contributed by atoms with Crippen molar-refractivity contribution in [3.05, 3.63) is 59.2 Å². The lowest BCUT2D eigenvalue weighted by Crippen LogP contribution is -2.34. The lowest BCUT2D eigenvalue weighted by molar-refractivity contribution is 0.248. The molecular formula is C18H18F2N2O3S. The predicted molar refractivity (Wildman–Crippen MR) is 91.5 cm³/mol. The Bertz CT molecular complexity index is 961. The molecule has 1 unspecified atom stereocenters. The molecule has 1 aliphatic carbocycles. The van der Waals surface area contributed by atoms with Gasteiger partial charge in [-0.15, -0.1) is 0 Å². The van der Waals surface area contributed by atoms with Crippen LogP contribution in [0.25, 0.3) is 0 Å². The SMILES string of the molecule is NC(=O)NCC1CCCc2c1ccc(S(=O)(=O)c1cccc(F)c1)c2F. The minimum absolute atomic E-state index is 0.133. The summed E-state index contributed by atoms with van der Waals surface area (Å²) in [5, 5.41) is 2.51. The summed E-state index contributed by atoms with van der Waals surface area (Å²) in [5.41, 5.74) is 6.07. The van der Waals surface area contributed by atoms with E-state index < -0.39 is 32.4 Å². The molecule has 26 heavy (non-hydrogen) atoms. The van der Waals surface area contributed by atoms with Crippen molar-refractivity contribution in [1.29, 1.82) is 0 Å². The van der Waals surface area contributed by atoms with Crippen LogP contribution in [0.2, 0.25) is 0 Å². The van der Waals surface area contributed by atoms with Crippen molar-refractivity contribution in [3.63, 3.8) is 0 Å². The zero-order valence-electron chi connectivity index (χ0n) is 13.8. The molecule has 2 aromatic rings. The van der Waals surface area contributed by atoms with Crippen LogP contribution in [0.15, 0.2) is 46.2 Å². The Hall–Kier alpha value is -2.48. The summed E-state index contributed by atoms with van der Waals surface area (Å²) in [5.74, 6) is -1.65. The predicted octanol–water partition coefficient (Wildman–Crippen LogP) is 2.89. The smallest absolute Gasteiger partial charge is 0.312 e. The number of nitrogens with one attached hydrogen (secondary N) is 1. The molecule has 0 aliphatic heterocycles. The van der Waals surface area contributed by atoms with E-state index in [-0.39, 0.29) is 17.4 Å². The summed E-state index contributed by atoms with van der Waals surface area (Å²) in [6.07, 6.45) is 1.81. The molecule has 8 heteroatoms. The molecule has 2 aromatic carbocycles. The molecular weight excluding hydrogens is 362 g/mol. The fourth-order valence-corrected chi connectivity index (χ4v) is 4.72. The van der Waals surface area contributed by atoms with Crippen LogP contribution in [0, 0.1) is 11.6 Å². The summed E-state index contributed by atoms with van der Waals surface area (Å²) in [6.45, 7) is 0.262. The summed E-state index contributed by atoms with van der Waals surface area (Å²) < 4.78 is 53.8. The van der Waals surface area contributed by atoms with Crippen molar-refractivity contribution in [1.82, 2.24) is 5.32 Å². The lowest BCUT2D eigenvalue weighted by Gasteiger charge is -2.26. The third kappa shape index (κ3) is 3.41. The largest absolute Gasteiger partial charge is 0.352 e. The Morgan fingerprint density at radius 1 is 1.23 bits per heavy atom. The second-order valence-corrected chi connectivity index (χ2v) is 8.16.